The molecule has 28 heavy (non-hydrogen) atoms. The second kappa shape index (κ2) is 7.11. The Morgan fingerprint density at radius 1 is 1.04 bits per heavy atom. The fourth-order valence-electron chi connectivity index (χ4n) is 3.95. The lowest BCUT2D eigenvalue weighted by molar-refractivity contribution is -0.132. The van der Waals surface area contributed by atoms with E-state index in [0.717, 1.165) is 59.8 Å². The number of aromatic nitrogens is 3. The van der Waals surface area contributed by atoms with Gasteiger partial charge >= 0.3 is 0 Å². The van der Waals surface area contributed by atoms with Crippen molar-refractivity contribution in [2.24, 2.45) is 0 Å². The van der Waals surface area contributed by atoms with E-state index in [1.54, 1.807) is 0 Å². The zero-order chi connectivity index (χ0) is 18.9. The molecule has 1 fully saturated rings. The predicted molar refractivity (Wildman–Crippen MR) is 107 cm³/mol. The van der Waals surface area contributed by atoms with Crippen molar-refractivity contribution in [1.82, 2.24) is 19.9 Å². The molecule has 1 aliphatic rings. The first-order valence-corrected chi connectivity index (χ1v) is 9.83. The molecule has 4 aromatic rings. The van der Waals surface area contributed by atoms with Crippen LogP contribution in [0.3, 0.4) is 0 Å². The van der Waals surface area contributed by atoms with Gasteiger partial charge in [0.2, 0.25) is 5.91 Å². The molecule has 2 aromatic carbocycles. The molecule has 2 aromatic heterocycles. The van der Waals surface area contributed by atoms with Gasteiger partial charge in [0.15, 0.2) is 11.5 Å². The van der Waals surface area contributed by atoms with E-state index in [1.807, 2.05) is 53.4 Å². The molecule has 0 radical (unpaired) electrons. The number of oxazole rings is 1. The van der Waals surface area contributed by atoms with Crippen molar-refractivity contribution in [3.8, 4) is 0 Å². The maximum absolute atomic E-state index is 12.6. The number of rotatable bonds is 4. The van der Waals surface area contributed by atoms with Gasteiger partial charge < -0.3 is 14.3 Å². The van der Waals surface area contributed by atoms with Crippen LogP contribution in [0.2, 0.25) is 0 Å². The number of likely N-dealkylation sites (tertiary alicyclic amines) is 1. The highest BCUT2D eigenvalue weighted by atomic mass is 16.3. The van der Waals surface area contributed by atoms with Gasteiger partial charge in [-0.05, 0) is 37.1 Å². The standard InChI is InChI=1S/C22H22N4O2/c27-21(10-9-20-23-16-5-1-2-6-17(16)24-20)26-13-11-15(12-14-26)22-25-18-7-3-4-8-19(18)28-22/h1-8,15H,9-14H2,(H,23,24). The fourth-order valence-corrected chi connectivity index (χ4v) is 3.95. The molecule has 1 N–H and O–H groups in total. The van der Waals surface area contributed by atoms with Crippen molar-refractivity contribution >= 4 is 28.0 Å². The number of piperidine rings is 1. The van der Waals surface area contributed by atoms with Gasteiger partial charge in [-0.15, -0.1) is 0 Å². The van der Waals surface area contributed by atoms with Gasteiger partial charge in [0.05, 0.1) is 11.0 Å². The van der Waals surface area contributed by atoms with Crippen LogP contribution in [-0.4, -0.2) is 38.8 Å². The van der Waals surface area contributed by atoms with Crippen LogP contribution in [0.25, 0.3) is 22.1 Å². The average molecular weight is 374 g/mol. The summed E-state index contributed by atoms with van der Waals surface area (Å²) in [4.78, 5) is 27.0. The van der Waals surface area contributed by atoms with Gasteiger partial charge in [0.25, 0.3) is 0 Å². The molecule has 0 bridgehead atoms. The molecule has 142 valence electrons. The van der Waals surface area contributed by atoms with Crippen LogP contribution in [0.5, 0.6) is 0 Å². The third-order valence-electron chi connectivity index (χ3n) is 5.52. The first kappa shape index (κ1) is 17.0. The van der Waals surface area contributed by atoms with Crippen LogP contribution in [0.15, 0.2) is 52.9 Å². The third-order valence-corrected chi connectivity index (χ3v) is 5.52. The van der Waals surface area contributed by atoms with Crippen molar-refractivity contribution in [1.29, 1.82) is 0 Å². The van der Waals surface area contributed by atoms with Crippen molar-refractivity contribution < 1.29 is 9.21 Å². The smallest absolute Gasteiger partial charge is 0.223 e. The number of para-hydroxylation sites is 4. The summed E-state index contributed by atoms with van der Waals surface area (Å²) in [5.41, 5.74) is 3.71. The van der Waals surface area contributed by atoms with E-state index in [0.29, 0.717) is 12.8 Å². The average Bonchev–Trinajstić information content (AvgIpc) is 3.35. The Balaban J connectivity index is 1.17. The molecule has 3 heterocycles. The van der Waals surface area contributed by atoms with Crippen LogP contribution >= 0.6 is 0 Å². The first-order chi connectivity index (χ1) is 13.8. The minimum atomic E-state index is 0.191. The van der Waals surface area contributed by atoms with E-state index in [2.05, 4.69) is 15.0 Å². The number of nitrogens with one attached hydrogen (secondary N) is 1. The first-order valence-electron chi connectivity index (χ1n) is 9.83. The van der Waals surface area contributed by atoms with Gasteiger partial charge in [-0.2, -0.15) is 0 Å². The highest BCUT2D eigenvalue weighted by Gasteiger charge is 2.27. The van der Waals surface area contributed by atoms with E-state index in [9.17, 15) is 4.79 Å². The van der Waals surface area contributed by atoms with E-state index in [-0.39, 0.29) is 11.8 Å². The lowest BCUT2D eigenvalue weighted by Crippen LogP contribution is -2.38. The lowest BCUT2D eigenvalue weighted by Gasteiger charge is -2.30. The Morgan fingerprint density at radius 2 is 1.79 bits per heavy atom. The molecule has 0 spiro atoms. The lowest BCUT2D eigenvalue weighted by atomic mass is 9.96. The van der Waals surface area contributed by atoms with Crippen molar-refractivity contribution in [2.75, 3.05) is 13.1 Å². The Labute approximate surface area is 162 Å². The maximum atomic E-state index is 12.6. The van der Waals surface area contributed by atoms with E-state index >= 15 is 0 Å². The minimum absolute atomic E-state index is 0.191. The summed E-state index contributed by atoms with van der Waals surface area (Å²) in [7, 11) is 0. The highest BCUT2D eigenvalue weighted by Crippen LogP contribution is 2.30. The van der Waals surface area contributed by atoms with Crippen LogP contribution < -0.4 is 0 Å². The summed E-state index contributed by atoms with van der Waals surface area (Å²) in [5.74, 6) is 2.15. The number of hydrogen-bond donors (Lipinski definition) is 1. The summed E-state index contributed by atoms with van der Waals surface area (Å²) in [5, 5.41) is 0. The van der Waals surface area contributed by atoms with Crippen LogP contribution in [0.4, 0.5) is 0 Å². The van der Waals surface area contributed by atoms with Crippen LogP contribution in [0, 0.1) is 0 Å². The van der Waals surface area contributed by atoms with Gasteiger partial charge in [-0.3, -0.25) is 4.79 Å². The number of amides is 1. The molecule has 6 heteroatoms. The number of aryl methyl sites for hydroxylation is 1. The number of fused-ring (bicyclic) bond motifs is 2. The molecular weight excluding hydrogens is 352 g/mol. The SMILES string of the molecule is O=C(CCc1nc2ccccc2[nH]1)N1CCC(c2nc3ccccc3o2)CC1. The summed E-state index contributed by atoms with van der Waals surface area (Å²) in [6.45, 7) is 1.50. The van der Waals surface area contributed by atoms with E-state index < -0.39 is 0 Å². The number of nitrogens with zero attached hydrogens (tertiary/aromatic N) is 3. The summed E-state index contributed by atoms with van der Waals surface area (Å²) in [6.07, 6.45) is 2.90. The van der Waals surface area contributed by atoms with Crippen molar-refractivity contribution in [3.63, 3.8) is 0 Å². The molecule has 0 unspecified atom stereocenters. The molecule has 0 saturated carbocycles. The molecule has 1 saturated heterocycles. The van der Waals surface area contributed by atoms with Gasteiger partial charge in [-0.1, -0.05) is 24.3 Å². The molecular formula is C22H22N4O2. The molecule has 1 aliphatic heterocycles. The number of imidazole rings is 1. The third kappa shape index (κ3) is 3.26. The Kier molecular flexibility index (Phi) is 4.31. The van der Waals surface area contributed by atoms with Crippen LogP contribution in [-0.2, 0) is 11.2 Å². The maximum Gasteiger partial charge on any atom is 0.223 e. The number of aromatic amines is 1. The normalized spacial score (nSPS) is 15.5. The van der Waals surface area contributed by atoms with Crippen molar-refractivity contribution in [3.05, 3.63) is 60.2 Å². The number of H-pyrrole nitrogens is 1. The van der Waals surface area contributed by atoms with Gasteiger partial charge in [0.1, 0.15) is 11.3 Å². The van der Waals surface area contributed by atoms with E-state index in [4.69, 9.17) is 4.42 Å². The number of hydrogen-bond acceptors (Lipinski definition) is 4. The summed E-state index contributed by atoms with van der Waals surface area (Å²) in [6, 6.07) is 15.8. The largest absolute Gasteiger partial charge is 0.440 e. The number of carbonyl (C=O) groups excluding carboxylic acids is 1. The molecule has 0 atom stereocenters. The predicted octanol–water partition coefficient (Wildman–Crippen LogP) is 4.04. The Morgan fingerprint density at radius 3 is 2.57 bits per heavy atom. The Bertz CT molecular complexity index is 1060. The minimum Gasteiger partial charge on any atom is -0.440 e. The van der Waals surface area contributed by atoms with Crippen molar-refractivity contribution in [2.45, 2.75) is 31.6 Å². The summed E-state index contributed by atoms with van der Waals surface area (Å²) < 4.78 is 5.91. The highest BCUT2D eigenvalue weighted by molar-refractivity contribution is 5.77. The second-order valence-electron chi connectivity index (χ2n) is 7.38. The van der Waals surface area contributed by atoms with Gasteiger partial charge in [-0.25, -0.2) is 9.97 Å². The van der Waals surface area contributed by atoms with Crippen LogP contribution in [0.1, 0.15) is 36.9 Å². The number of benzene rings is 2. The monoisotopic (exact) mass is 374 g/mol. The molecule has 6 nitrogen and oxygen atoms in total. The van der Waals surface area contributed by atoms with E-state index in [1.165, 1.54) is 0 Å². The summed E-state index contributed by atoms with van der Waals surface area (Å²) >= 11 is 0. The molecule has 1 amide bonds. The fraction of sp³-hybridized carbons (Fsp3) is 0.318. The number of carbonyl (C=O) groups is 1. The van der Waals surface area contributed by atoms with Gasteiger partial charge in [0, 0.05) is 31.8 Å². The Hall–Kier alpha value is -3.15. The zero-order valence-corrected chi connectivity index (χ0v) is 15.6. The second-order valence-corrected chi connectivity index (χ2v) is 7.38. The zero-order valence-electron chi connectivity index (χ0n) is 15.6. The quantitative estimate of drug-likeness (QED) is 0.585. The molecule has 5 rings (SSSR count). The molecule has 0 aliphatic carbocycles. The topological polar surface area (TPSA) is 75.0 Å².